The van der Waals surface area contributed by atoms with Gasteiger partial charge in [0.05, 0.1) is 10.6 Å². The van der Waals surface area contributed by atoms with Crippen LogP contribution in [0, 0.1) is 5.82 Å². The van der Waals surface area contributed by atoms with Gasteiger partial charge in [-0.2, -0.15) is 0 Å². The molecule has 8 heteroatoms. The third-order valence-electron chi connectivity index (χ3n) is 3.43. The highest BCUT2D eigenvalue weighted by Gasteiger charge is 2.27. The second-order valence-corrected chi connectivity index (χ2v) is 7.19. The number of thioether (sulfide) groups is 1. The van der Waals surface area contributed by atoms with E-state index in [4.69, 9.17) is 11.6 Å². The molecule has 0 radical (unpaired) electrons. The van der Waals surface area contributed by atoms with Gasteiger partial charge in [-0.3, -0.25) is 0 Å². The van der Waals surface area contributed by atoms with Crippen molar-refractivity contribution in [1.29, 1.82) is 0 Å². The van der Waals surface area contributed by atoms with Crippen molar-refractivity contribution >= 4 is 50.6 Å². The first-order valence-corrected chi connectivity index (χ1v) is 8.75. The molecule has 112 valence electrons. The smallest absolute Gasteiger partial charge is 0.153 e. The molecule has 0 unspecified atom stereocenters. The van der Waals surface area contributed by atoms with Crippen molar-refractivity contribution in [3.05, 3.63) is 40.0 Å². The number of nitrogens with zero attached hydrogens (tertiary/aromatic N) is 3. The van der Waals surface area contributed by atoms with Gasteiger partial charge in [-0.15, -0.1) is 33.3 Å². The summed E-state index contributed by atoms with van der Waals surface area (Å²) < 4.78 is 14.9. The Morgan fingerprint density at radius 2 is 2.05 bits per heavy atom. The summed E-state index contributed by atoms with van der Waals surface area (Å²) in [5.41, 5.74) is 1.52. The van der Waals surface area contributed by atoms with E-state index in [0.717, 1.165) is 22.0 Å². The molecule has 3 heterocycles. The normalized spacial score (nSPS) is 14.7. The highest BCUT2D eigenvalue weighted by atomic mass is 35.5. The maximum Gasteiger partial charge on any atom is 0.153 e. The van der Waals surface area contributed by atoms with Crippen molar-refractivity contribution in [1.82, 2.24) is 15.2 Å². The van der Waals surface area contributed by atoms with E-state index in [-0.39, 0.29) is 5.02 Å². The van der Waals surface area contributed by atoms with E-state index < -0.39 is 5.82 Å². The number of thiophene rings is 1. The summed E-state index contributed by atoms with van der Waals surface area (Å²) in [7, 11) is 0. The third kappa shape index (κ3) is 2.04. The first kappa shape index (κ1) is 14.0. The van der Waals surface area contributed by atoms with Crippen LogP contribution in [0.2, 0.25) is 5.02 Å². The van der Waals surface area contributed by atoms with Crippen LogP contribution in [-0.4, -0.2) is 26.1 Å². The Balaban J connectivity index is 2.12. The molecule has 4 nitrogen and oxygen atoms in total. The zero-order valence-corrected chi connectivity index (χ0v) is 13.5. The molecular weight excluding hydrogens is 345 g/mol. The molecule has 0 saturated heterocycles. The molecule has 4 rings (SSSR count). The van der Waals surface area contributed by atoms with Crippen LogP contribution in [0.4, 0.5) is 4.39 Å². The van der Waals surface area contributed by atoms with Gasteiger partial charge in [-0.05, 0) is 22.8 Å². The summed E-state index contributed by atoms with van der Waals surface area (Å²) in [6.07, 6.45) is 2.83. The molecule has 1 aromatic carbocycles. The molecule has 22 heavy (non-hydrogen) atoms. The highest BCUT2D eigenvalue weighted by molar-refractivity contribution is 8.08. The fourth-order valence-electron chi connectivity index (χ4n) is 2.52. The van der Waals surface area contributed by atoms with E-state index >= 15 is 0 Å². The van der Waals surface area contributed by atoms with Crippen molar-refractivity contribution in [2.45, 2.75) is 6.42 Å². The van der Waals surface area contributed by atoms with E-state index in [9.17, 15) is 9.60 Å². The summed E-state index contributed by atoms with van der Waals surface area (Å²) in [4.78, 5) is 2.05. The monoisotopic (exact) mass is 353 g/mol. The lowest BCUT2D eigenvalue weighted by atomic mass is 10.1. The number of rotatable bonds is 2. The molecule has 1 aliphatic heterocycles. The fraction of sp³-hybridized carbons (Fsp3) is 0.143. The fourth-order valence-corrected chi connectivity index (χ4v) is 4.66. The highest BCUT2D eigenvalue weighted by Crippen LogP contribution is 2.45. The van der Waals surface area contributed by atoms with E-state index in [1.54, 1.807) is 11.8 Å². The summed E-state index contributed by atoms with van der Waals surface area (Å²) in [6, 6.07) is 3.69. The van der Waals surface area contributed by atoms with Gasteiger partial charge in [0.1, 0.15) is 11.0 Å². The Bertz CT molecular complexity index is 905. The van der Waals surface area contributed by atoms with Gasteiger partial charge in [-0.25, -0.2) is 4.39 Å². The number of aromatic nitrogens is 3. The summed E-state index contributed by atoms with van der Waals surface area (Å²) >= 11 is 9.28. The minimum absolute atomic E-state index is 0.0128. The Morgan fingerprint density at radius 1 is 1.27 bits per heavy atom. The Morgan fingerprint density at radius 3 is 2.68 bits per heavy atom. The van der Waals surface area contributed by atoms with Gasteiger partial charge >= 0.3 is 0 Å². The number of benzene rings is 1. The summed E-state index contributed by atoms with van der Waals surface area (Å²) in [5, 5.41) is 19.4. The van der Waals surface area contributed by atoms with Crippen LogP contribution < -0.4 is 0 Å². The van der Waals surface area contributed by atoms with Crippen LogP contribution in [0.15, 0.2) is 23.6 Å². The zero-order valence-electron chi connectivity index (χ0n) is 11.1. The molecule has 0 spiro atoms. The number of hydrogen-bond donors (Lipinski definition) is 1. The summed E-state index contributed by atoms with van der Waals surface area (Å²) in [5.74, 6) is 0.382. The molecule has 0 saturated carbocycles. The van der Waals surface area contributed by atoms with Crippen LogP contribution >= 0.6 is 34.7 Å². The first-order valence-electron chi connectivity index (χ1n) is 6.51. The lowest BCUT2D eigenvalue weighted by molar-refractivity contribution is 0.113. The molecular formula is C14H9ClFN3OS2. The Hall–Kier alpha value is -1.57. The molecule has 0 bridgehead atoms. The van der Waals surface area contributed by atoms with Crippen molar-refractivity contribution < 1.29 is 9.60 Å². The quantitative estimate of drug-likeness (QED) is 0.680. The van der Waals surface area contributed by atoms with Crippen molar-refractivity contribution in [3.8, 4) is 10.4 Å². The molecule has 0 fully saturated rings. The third-order valence-corrected chi connectivity index (χ3v) is 5.79. The van der Waals surface area contributed by atoms with Crippen LogP contribution in [0.1, 0.15) is 12.0 Å². The molecule has 2 aromatic heterocycles. The molecule has 0 amide bonds. The van der Waals surface area contributed by atoms with Gasteiger partial charge in [-0.1, -0.05) is 23.7 Å². The van der Waals surface area contributed by atoms with E-state index in [0.29, 0.717) is 27.1 Å². The number of allylic oxidation sites excluding steroid dienone is 1. The van der Waals surface area contributed by atoms with Gasteiger partial charge in [0.15, 0.2) is 5.82 Å². The topological polar surface area (TPSA) is 50.9 Å². The minimum Gasteiger partial charge on any atom is -0.396 e. The molecule has 3 aromatic rings. The molecule has 1 N–H and O–H groups in total. The van der Waals surface area contributed by atoms with Crippen LogP contribution in [0.5, 0.6) is 0 Å². The van der Waals surface area contributed by atoms with Gasteiger partial charge in [0.2, 0.25) is 0 Å². The average molecular weight is 354 g/mol. The van der Waals surface area contributed by atoms with E-state index in [1.807, 2.05) is 23.6 Å². The van der Waals surface area contributed by atoms with Crippen LogP contribution in [0.3, 0.4) is 0 Å². The predicted molar refractivity (Wildman–Crippen MR) is 88.0 cm³/mol. The van der Waals surface area contributed by atoms with Crippen LogP contribution in [0.25, 0.3) is 26.4 Å². The maximum absolute atomic E-state index is 14.9. The Kier molecular flexibility index (Phi) is 3.36. The maximum atomic E-state index is 14.9. The van der Waals surface area contributed by atoms with Crippen molar-refractivity contribution in [2.75, 3.05) is 5.75 Å². The average Bonchev–Trinajstić information content (AvgIpc) is 3.21. The zero-order chi connectivity index (χ0) is 15.3. The van der Waals surface area contributed by atoms with Crippen molar-refractivity contribution in [2.24, 2.45) is 0 Å². The summed E-state index contributed by atoms with van der Waals surface area (Å²) in [6.45, 7) is 0. The lowest BCUT2D eigenvalue weighted by Crippen LogP contribution is -1.94. The largest absolute Gasteiger partial charge is 0.396 e. The second-order valence-electron chi connectivity index (χ2n) is 4.73. The molecule has 1 aliphatic rings. The number of fused-ring (bicyclic) bond motifs is 1. The van der Waals surface area contributed by atoms with E-state index in [2.05, 4.69) is 10.2 Å². The van der Waals surface area contributed by atoms with Gasteiger partial charge < -0.3 is 5.21 Å². The van der Waals surface area contributed by atoms with Crippen molar-refractivity contribution in [3.63, 3.8) is 0 Å². The SMILES string of the molecule is On1nc2c(C3=CCCS3)c(F)c(Cl)c(-c3cccs3)c2n1. The molecule has 0 aliphatic carbocycles. The lowest BCUT2D eigenvalue weighted by Gasteiger charge is -2.10. The van der Waals surface area contributed by atoms with Crippen LogP contribution in [-0.2, 0) is 0 Å². The van der Waals surface area contributed by atoms with Gasteiger partial charge in [0.25, 0.3) is 0 Å². The first-order chi connectivity index (χ1) is 10.7. The standard InChI is InChI=1S/C14H9ClFN3OS2/c15-11-9(7-3-1-5-21-7)13-14(18-19(20)17-13)10(12(11)16)8-4-2-6-22-8/h1,3-5,20H,2,6H2. The second kappa shape index (κ2) is 5.26. The Labute approximate surface area is 138 Å². The number of hydrogen-bond acceptors (Lipinski definition) is 5. The number of halogens is 2. The van der Waals surface area contributed by atoms with E-state index in [1.165, 1.54) is 11.3 Å². The minimum atomic E-state index is -0.515. The molecule has 0 atom stereocenters. The predicted octanol–water partition coefficient (Wildman–Crippen LogP) is 4.67. The van der Waals surface area contributed by atoms with Gasteiger partial charge in [0, 0.05) is 21.1 Å².